The van der Waals surface area contributed by atoms with Crippen LogP contribution in [0.4, 0.5) is 0 Å². The lowest BCUT2D eigenvalue weighted by Crippen LogP contribution is -2.39. The Bertz CT molecular complexity index is 181. The molecule has 0 aromatic heterocycles. The smallest absolute Gasteiger partial charge is 0.00203 e. The Kier molecular flexibility index (Phi) is 1.92. The van der Waals surface area contributed by atoms with E-state index >= 15 is 0 Å². The van der Waals surface area contributed by atoms with Crippen LogP contribution in [0.15, 0.2) is 0 Å². The van der Waals surface area contributed by atoms with E-state index in [-0.39, 0.29) is 0 Å². The van der Waals surface area contributed by atoms with Gasteiger partial charge >= 0.3 is 0 Å². The van der Waals surface area contributed by atoms with E-state index in [1.165, 1.54) is 19.3 Å². The molecule has 2 fully saturated rings. The topological polar surface area (TPSA) is 52.0 Å². The Morgan fingerprint density at radius 1 is 1.33 bits per heavy atom. The molecule has 2 rings (SSSR count). The summed E-state index contributed by atoms with van der Waals surface area (Å²) in [5.74, 6) is 2.55. The molecule has 12 heavy (non-hydrogen) atoms. The SMILES string of the molecule is CC1(CN)CC2CC(CN)C1C2. The zero-order valence-electron chi connectivity index (χ0n) is 7.92. The molecule has 0 saturated heterocycles. The lowest BCUT2D eigenvalue weighted by Gasteiger charge is -2.37. The fraction of sp³-hybridized carbons (Fsp3) is 1.00. The van der Waals surface area contributed by atoms with E-state index in [0.29, 0.717) is 5.41 Å². The molecule has 2 aliphatic rings. The molecule has 4 unspecified atom stereocenters. The van der Waals surface area contributed by atoms with Gasteiger partial charge in [-0.3, -0.25) is 0 Å². The van der Waals surface area contributed by atoms with Crippen LogP contribution in [-0.2, 0) is 0 Å². The molecule has 0 radical (unpaired) electrons. The van der Waals surface area contributed by atoms with E-state index in [9.17, 15) is 0 Å². The molecule has 0 heterocycles. The fourth-order valence-electron chi connectivity index (χ4n) is 3.57. The first-order valence-corrected chi connectivity index (χ1v) is 5.10. The zero-order chi connectivity index (χ0) is 8.77. The van der Waals surface area contributed by atoms with E-state index in [1.54, 1.807) is 0 Å². The molecule has 2 heteroatoms. The van der Waals surface area contributed by atoms with Crippen molar-refractivity contribution in [1.29, 1.82) is 0 Å². The summed E-state index contributed by atoms with van der Waals surface area (Å²) in [6, 6.07) is 0. The van der Waals surface area contributed by atoms with Gasteiger partial charge in [0.05, 0.1) is 0 Å². The van der Waals surface area contributed by atoms with Gasteiger partial charge in [-0.1, -0.05) is 6.92 Å². The summed E-state index contributed by atoms with van der Waals surface area (Å²) in [6.45, 7) is 4.07. The van der Waals surface area contributed by atoms with Crippen LogP contribution in [0.25, 0.3) is 0 Å². The van der Waals surface area contributed by atoms with Crippen LogP contribution in [0.5, 0.6) is 0 Å². The van der Waals surface area contributed by atoms with Crippen LogP contribution < -0.4 is 11.5 Å². The molecule has 70 valence electrons. The third kappa shape index (κ3) is 1.01. The highest BCUT2D eigenvalue weighted by atomic mass is 14.7. The fourth-order valence-corrected chi connectivity index (χ4v) is 3.57. The van der Waals surface area contributed by atoms with E-state index in [4.69, 9.17) is 11.5 Å². The molecule has 0 aliphatic heterocycles. The first kappa shape index (κ1) is 8.52. The van der Waals surface area contributed by atoms with E-state index in [0.717, 1.165) is 30.8 Å². The Balaban J connectivity index is 2.14. The maximum absolute atomic E-state index is 5.83. The van der Waals surface area contributed by atoms with E-state index in [1.807, 2.05) is 0 Å². The number of fused-ring (bicyclic) bond motifs is 2. The van der Waals surface area contributed by atoms with Crippen LogP contribution in [0.1, 0.15) is 26.2 Å². The summed E-state index contributed by atoms with van der Waals surface area (Å²) in [7, 11) is 0. The summed E-state index contributed by atoms with van der Waals surface area (Å²) in [5.41, 5.74) is 12.0. The van der Waals surface area contributed by atoms with Gasteiger partial charge in [-0.15, -0.1) is 0 Å². The van der Waals surface area contributed by atoms with Gasteiger partial charge < -0.3 is 11.5 Å². The molecule has 0 aromatic rings. The highest BCUT2D eigenvalue weighted by molar-refractivity contribution is 5.02. The maximum atomic E-state index is 5.83. The number of rotatable bonds is 2. The Morgan fingerprint density at radius 3 is 2.58 bits per heavy atom. The third-order valence-corrected chi connectivity index (χ3v) is 4.21. The van der Waals surface area contributed by atoms with Crippen molar-refractivity contribution >= 4 is 0 Å². The van der Waals surface area contributed by atoms with Crippen LogP contribution in [-0.4, -0.2) is 13.1 Å². The van der Waals surface area contributed by atoms with Gasteiger partial charge in [-0.2, -0.15) is 0 Å². The summed E-state index contributed by atoms with van der Waals surface area (Å²) in [4.78, 5) is 0. The molecule has 0 aromatic carbocycles. The molecule has 2 aliphatic carbocycles. The van der Waals surface area contributed by atoms with Crippen LogP contribution >= 0.6 is 0 Å². The molecule has 4 atom stereocenters. The van der Waals surface area contributed by atoms with Crippen molar-refractivity contribution in [2.45, 2.75) is 26.2 Å². The van der Waals surface area contributed by atoms with Crippen LogP contribution in [0.2, 0.25) is 0 Å². The third-order valence-electron chi connectivity index (χ3n) is 4.21. The molecule has 0 amide bonds. The lowest BCUT2D eigenvalue weighted by molar-refractivity contribution is 0.142. The maximum Gasteiger partial charge on any atom is -0.00203 e. The summed E-state index contributed by atoms with van der Waals surface area (Å²) in [5, 5.41) is 0. The molecule has 2 bridgehead atoms. The second-order valence-corrected chi connectivity index (χ2v) is 5.00. The molecular weight excluding hydrogens is 148 g/mol. The summed E-state index contributed by atoms with van der Waals surface area (Å²) >= 11 is 0. The first-order chi connectivity index (χ1) is 5.69. The lowest BCUT2D eigenvalue weighted by atomic mass is 9.70. The minimum atomic E-state index is 0.424. The minimum Gasteiger partial charge on any atom is -0.330 e. The predicted octanol–water partition coefficient (Wildman–Crippen LogP) is 0.956. The van der Waals surface area contributed by atoms with Crippen molar-refractivity contribution in [3.05, 3.63) is 0 Å². The summed E-state index contributed by atoms with van der Waals surface area (Å²) < 4.78 is 0. The average molecular weight is 168 g/mol. The van der Waals surface area contributed by atoms with Gasteiger partial charge in [0.15, 0.2) is 0 Å². The highest BCUT2D eigenvalue weighted by Crippen LogP contribution is 2.57. The zero-order valence-corrected chi connectivity index (χ0v) is 7.92. The first-order valence-electron chi connectivity index (χ1n) is 5.10. The second kappa shape index (κ2) is 2.71. The monoisotopic (exact) mass is 168 g/mol. The van der Waals surface area contributed by atoms with Crippen LogP contribution in [0, 0.1) is 23.2 Å². The van der Waals surface area contributed by atoms with E-state index in [2.05, 4.69) is 6.92 Å². The Morgan fingerprint density at radius 2 is 2.08 bits per heavy atom. The van der Waals surface area contributed by atoms with Gasteiger partial charge in [0.2, 0.25) is 0 Å². The van der Waals surface area contributed by atoms with E-state index < -0.39 is 0 Å². The highest BCUT2D eigenvalue weighted by Gasteiger charge is 2.51. The van der Waals surface area contributed by atoms with Gasteiger partial charge in [0.25, 0.3) is 0 Å². The second-order valence-electron chi connectivity index (χ2n) is 5.00. The average Bonchev–Trinajstić information content (AvgIpc) is 2.60. The Hall–Kier alpha value is -0.0800. The van der Waals surface area contributed by atoms with Crippen molar-refractivity contribution in [2.24, 2.45) is 34.6 Å². The van der Waals surface area contributed by atoms with Gasteiger partial charge in [-0.25, -0.2) is 0 Å². The molecular formula is C10H20N2. The largest absolute Gasteiger partial charge is 0.330 e. The van der Waals surface area contributed by atoms with Gasteiger partial charge in [0, 0.05) is 0 Å². The minimum absolute atomic E-state index is 0.424. The number of hydrogen-bond acceptors (Lipinski definition) is 2. The molecule has 2 nitrogen and oxygen atoms in total. The van der Waals surface area contributed by atoms with Crippen molar-refractivity contribution in [3.63, 3.8) is 0 Å². The molecule has 4 N–H and O–H groups in total. The normalized spacial score (nSPS) is 51.8. The van der Waals surface area contributed by atoms with Crippen molar-refractivity contribution in [2.75, 3.05) is 13.1 Å². The van der Waals surface area contributed by atoms with Crippen LogP contribution in [0.3, 0.4) is 0 Å². The number of hydrogen-bond donors (Lipinski definition) is 2. The standard InChI is InChI=1S/C10H20N2/c1-10(6-12)4-7-2-8(5-11)9(10)3-7/h7-9H,2-6,11-12H2,1H3. The van der Waals surface area contributed by atoms with Gasteiger partial charge in [0.1, 0.15) is 0 Å². The Labute approximate surface area is 74.7 Å². The number of nitrogens with two attached hydrogens (primary N) is 2. The molecule has 2 saturated carbocycles. The molecule has 0 spiro atoms. The van der Waals surface area contributed by atoms with Crippen molar-refractivity contribution in [3.8, 4) is 0 Å². The van der Waals surface area contributed by atoms with Gasteiger partial charge in [-0.05, 0) is 55.5 Å². The summed E-state index contributed by atoms with van der Waals surface area (Å²) in [6.07, 6.45) is 4.12. The van der Waals surface area contributed by atoms with Crippen molar-refractivity contribution in [1.82, 2.24) is 0 Å². The predicted molar refractivity (Wildman–Crippen MR) is 50.5 cm³/mol. The van der Waals surface area contributed by atoms with Crippen molar-refractivity contribution < 1.29 is 0 Å². The quantitative estimate of drug-likeness (QED) is 0.645.